The van der Waals surface area contributed by atoms with Gasteiger partial charge in [-0.15, -0.1) is 12.6 Å². The number of esters is 1. The molecule has 0 saturated heterocycles. The lowest BCUT2D eigenvalue weighted by molar-refractivity contribution is -0.159. The van der Waals surface area contributed by atoms with Crippen molar-refractivity contribution in [2.24, 2.45) is 5.41 Å². The van der Waals surface area contributed by atoms with Crippen molar-refractivity contribution in [1.29, 1.82) is 0 Å². The van der Waals surface area contributed by atoms with Crippen LogP contribution in [0.3, 0.4) is 0 Å². The van der Waals surface area contributed by atoms with E-state index in [0.29, 0.717) is 25.7 Å². The minimum atomic E-state index is -5.13. The Balaban J connectivity index is 5.74. The van der Waals surface area contributed by atoms with Crippen LogP contribution in [-0.4, -0.2) is 48.4 Å². The van der Waals surface area contributed by atoms with Crippen molar-refractivity contribution in [1.82, 2.24) is 9.44 Å². The molecule has 35 heavy (non-hydrogen) atoms. The van der Waals surface area contributed by atoms with Crippen molar-refractivity contribution in [2.45, 2.75) is 110 Å². The number of thiocarbonyl (C=S) groups is 1. The molecule has 0 aliphatic heterocycles. The number of hydrogen-bond acceptors (Lipinski definition) is 7. The second kappa shape index (κ2) is 16.5. The summed E-state index contributed by atoms with van der Waals surface area (Å²) in [7, 11) is -10.3. The fourth-order valence-electron chi connectivity index (χ4n) is 3.83. The summed E-state index contributed by atoms with van der Waals surface area (Å²) in [6.45, 7) is 5.31. The summed E-state index contributed by atoms with van der Waals surface area (Å²) in [4.78, 5) is 13.2. The van der Waals surface area contributed by atoms with Crippen molar-refractivity contribution < 1.29 is 35.5 Å². The summed E-state index contributed by atoms with van der Waals surface area (Å²) in [6, 6.07) is 0. The summed E-state index contributed by atoms with van der Waals surface area (Å²) in [5.74, 6) is -0.953. The highest BCUT2D eigenvalue weighted by molar-refractivity contribution is 8.11. The molecule has 1 atom stereocenters. The average Bonchev–Trinajstić information content (AvgIpc) is 2.72. The summed E-state index contributed by atoms with van der Waals surface area (Å²) >= 11 is 9.00. The molecule has 0 spiro atoms. The van der Waals surface area contributed by atoms with Crippen molar-refractivity contribution >= 4 is 55.6 Å². The molecular formula is C21H42N2O8S4. The maximum Gasteiger partial charge on any atom is 0.335 e. The standard InChI is InChI=1S/C21H42N2O8S4/c1-4-6-8-9-10-11-12-13-14-15-16-20(3,18(24)31-17-7-5-2)21(19(32)33,22-34(25,26)27)23-35(28,29)30/h22-23H,4-17H2,1-3H3,(H,32,33)(H,25,26,27)(H,28,29,30). The van der Waals surface area contributed by atoms with E-state index in [1.54, 1.807) is 9.44 Å². The van der Waals surface area contributed by atoms with Crippen LogP contribution in [0, 0.1) is 5.41 Å². The second-order valence-electron chi connectivity index (χ2n) is 8.96. The number of unbranched alkanes of at least 4 members (excludes halogenated alkanes) is 10. The number of rotatable bonds is 21. The van der Waals surface area contributed by atoms with Crippen molar-refractivity contribution in [2.75, 3.05) is 6.61 Å². The molecule has 0 aromatic heterocycles. The highest BCUT2D eigenvalue weighted by Gasteiger charge is 2.59. The summed E-state index contributed by atoms with van der Waals surface area (Å²) in [5.41, 5.74) is -4.65. The number of carbonyl (C=O) groups is 1. The van der Waals surface area contributed by atoms with Crippen LogP contribution in [0.2, 0.25) is 0 Å². The quantitative estimate of drug-likeness (QED) is 0.0332. The van der Waals surface area contributed by atoms with E-state index in [-0.39, 0.29) is 13.0 Å². The van der Waals surface area contributed by atoms with Crippen LogP contribution in [0.4, 0.5) is 0 Å². The zero-order valence-electron chi connectivity index (χ0n) is 20.9. The van der Waals surface area contributed by atoms with E-state index in [0.717, 1.165) is 25.7 Å². The zero-order valence-corrected chi connectivity index (χ0v) is 24.3. The Morgan fingerprint density at radius 2 is 1.23 bits per heavy atom. The first-order chi connectivity index (χ1) is 16.1. The van der Waals surface area contributed by atoms with Gasteiger partial charge in [0.15, 0.2) is 5.66 Å². The van der Waals surface area contributed by atoms with Gasteiger partial charge in [0, 0.05) is 0 Å². The van der Waals surface area contributed by atoms with E-state index < -0.39 is 41.9 Å². The van der Waals surface area contributed by atoms with Gasteiger partial charge in [0.1, 0.15) is 5.41 Å². The normalized spacial score (nSPS) is 14.5. The van der Waals surface area contributed by atoms with Crippen molar-refractivity contribution in [3.05, 3.63) is 0 Å². The van der Waals surface area contributed by atoms with Gasteiger partial charge in [-0.3, -0.25) is 13.9 Å². The van der Waals surface area contributed by atoms with Crippen LogP contribution in [0.1, 0.15) is 104 Å². The molecule has 0 radical (unpaired) electrons. The fraction of sp³-hybridized carbons (Fsp3) is 0.905. The molecule has 0 bridgehead atoms. The van der Waals surface area contributed by atoms with Gasteiger partial charge in [0.25, 0.3) is 0 Å². The van der Waals surface area contributed by atoms with E-state index in [1.807, 2.05) is 6.92 Å². The molecule has 208 valence electrons. The Labute approximate surface area is 221 Å². The van der Waals surface area contributed by atoms with E-state index in [1.165, 1.54) is 32.6 Å². The Kier molecular flexibility index (Phi) is 16.3. The first kappa shape index (κ1) is 34.6. The van der Waals surface area contributed by atoms with Gasteiger partial charge < -0.3 is 4.74 Å². The van der Waals surface area contributed by atoms with Crippen LogP contribution in [0.25, 0.3) is 0 Å². The summed E-state index contributed by atoms with van der Waals surface area (Å²) < 4.78 is 74.2. The van der Waals surface area contributed by atoms with Crippen molar-refractivity contribution in [3.8, 4) is 0 Å². The van der Waals surface area contributed by atoms with Gasteiger partial charge in [0.05, 0.1) is 10.8 Å². The highest BCUT2D eigenvalue weighted by Crippen LogP contribution is 2.40. The fourth-order valence-corrected chi connectivity index (χ4v) is 6.40. The molecule has 0 saturated carbocycles. The third-order valence-electron chi connectivity index (χ3n) is 5.92. The molecule has 10 nitrogen and oxygen atoms in total. The topological polar surface area (TPSA) is 159 Å². The third kappa shape index (κ3) is 13.1. The first-order valence-corrected chi connectivity index (χ1v) is 15.8. The van der Waals surface area contributed by atoms with E-state index in [2.05, 4.69) is 19.6 Å². The maximum atomic E-state index is 13.2. The molecule has 0 aromatic carbocycles. The summed E-state index contributed by atoms with van der Waals surface area (Å²) in [6.07, 6.45) is 11.2. The number of nitrogens with one attached hydrogen (secondary N) is 2. The Morgan fingerprint density at radius 3 is 1.60 bits per heavy atom. The van der Waals surface area contributed by atoms with Crippen LogP contribution < -0.4 is 9.44 Å². The minimum absolute atomic E-state index is 0.0100. The second-order valence-corrected chi connectivity index (χ2v) is 12.4. The van der Waals surface area contributed by atoms with E-state index in [4.69, 9.17) is 17.0 Å². The van der Waals surface area contributed by atoms with Crippen LogP contribution in [0.5, 0.6) is 0 Å². The Hall–Kier alpha value is -0.350. The molecule has 0 fully saturated rings. The smallest absolute Gasteiger partial charge is 0.335 e. The molecule has 0 aliphatic carbocycles. The van der Waals surface area contributed by atoms with Gasteiger partial charge in [-0.05, 0) is 19.8 Å². The van der Waals surface area contributed by atoms with Gasteiger partial charge >= 0.3 is 26.6 Å². The lowest BCUT2D eigenvalue weighted by Gasteiger charge is -2.45. The summed E-state index contributed by atoms with van der Waals surface area (Å²) in [5, 5.41) is 0. The molecule has 4 N–H and O–H groups in total. The monoisotopic (exact) mass is 578 g/mol. The molecule has 0 heterocycles. The predicted molar refractivity (Wildman–Crippen MR) is 144 cm³/mol. The van der Waals surface area contributed by atoms with Gasteiger partial charge in [-0.1, -0.05) is 96.7 Å². The van der Waals surface area contributed by atoms with E-state index >= 15 is 0 Å². The number of hydrogen-bond donors (Lipinski definition) is 5. The SMILES string of the molecule is CCCCCCCCCCCCC(C)(C(=O)OCCCC)C(NS(=O)(=O)O)(NS(=O)(=O)O)C(=S)S. The Bertz CT molecular complexity index is 831. The lowest BCUT2D eigenvalue weighted by atomic mass is 9.74. The number of carbonyl (C=O) groups excluding carboxylic acids is 1. The largest absolute Gasteiger partial charge is 0.465 e. The van der Waals surface area contributed by atoms with E-state index in [9.17, 15) is 30.7 Å². The molecule has 1 unspecified atom stereocenters. The lowest BCUT2D eigenvalue weighted by Crippen LogP contribution is -2.73. The van der Waals surface area contributed by atoms with Gasteiger partial charge in [-0.2, -0.15) is 26.3 Å². The molecule has 0 aromatic rings. The van der Waals surface area contributed by atoms with Gasteiger partial charge in [0.2, 0.25) is 0 Å². The van der Waals surface area contributed by atoms with Crippen LogP contribution in [0.15, 0.2) is 0 Å². The third-order valence-corrected chi connectivity index (χ3v) is 7.69. The Morgan fingerprint density at radius 1 is 0.829 bits per heavy atom. The molecule has 14 heteroatoms. The number of ether oxygens (including phenoxy) is 1. The molecular weight excluding hydrogens is 537 g/mol. The first-order valence-electron chi connectivity index (χ1n) is 12.1. The highest BCUT2D eigenvalue weighted by atomic mass is 32.2. The van der Waals surface area contributed by atoms with Gasteiger partial charge in [-0.25, -0.2) is 0 Å². The van der Waals surface area contributed by atoms with Crippen LogP contribution in [-0.2, 0) is 30.1 Å². The average molecular weight is 579 g/mol. The van der Waals surface area contributed by atoms with Crippen LogP contribution >= 0.6 is 24.8 Å². The maximum absolute atomic E-state index is 13.2. The zero-order chi connectivity index (χ0) is 27.2. The minimum Gasteiger partial charge on any atom is -0.465 e. The van der Waals surface area contributed by atoms with Crippen molar-refractivity contribution in [3.63, 3.8) is 0 Å². The molecule has 0 aliphatic rings. The predicted octanol–water partition coefficient (Wildman–Crippen LogP) is 4.39. The number of thiol groups is 1. The molecule has 0 amide bonds. The molecule has 0 rings (SSSR count).